The van der Waals surface area contributed by atoms with Crippen molar-refractivity contribution in [3.63, 3.8) is 0 Å². The van der Waals surface area contributed by atoms with E-state index >= 15 is 0 Å². The van der Waals surface area contributed by atoms with E-state index in [9.17, 15) is 4.39 Å². The molecule has 106 valence electrons. The zero-order valence-electron chi connectivity index (χ0n) is 11.2. The van der Waals surface area contributed by atoms with Crippen LogP contribution in [0.5, 0.6) is 0 Å². The zero-order chi connectivity index (χ0) is 14.5. The van der Waals surface area contributed by atoms with E-state index in [1.807, 2.05) is 37.4 Å². The molecular formula is C16H16BrClFN. The molecule has 1 unspecified atom stereocenters. The van der Waals surface area contributed by atoms with Gasteiger partial charge >= 0.3 is 0 Å². The number of likely N-dealkylation sites (N-methyl/N-ethyl adjacent to an activating group) is 1. The summed E-state index contributed by atoms with van der Waals surface area (Å²) in [5.41, 5.74) is 1.75. The van der Waals surface area contributed by atoms with Crippen LogP contribution in [0.4, 0.5) is 4.39 Å². The van der Waals surface area contributed by atoms with Gasteiger partial charge in [0.15, 0.2) is 0 Å². The lowest BCUT2D eigenvalue weighted by atomic mass is 9.91. The van der Waals surface area contributed by atoms with Crippen LogP contribution >= 0.6 is 27.5 Å². The van der Waals surface area contributed by atoms with Crippen molar-refractivity contribution in [1.82, 2.24) is 5.32 Å². The molecule has 0 radical (unpaired) electrons. The number of halogens is 3. The van der Waals surface area contributed by atoms with Crippen LogP contribution in [0.25, 0.3) is 0 Å². The first-order valence-corrected chi connectivity index (χ1v) is 7.62. The summed E-state index contributed by atoms with van der Waals surface area (Å²) >= 11 is 9.65. The van der Waals surface area contributed by atoms with Crippen LogP contribution in [0.2, 0.25) is 5.02 Å². The van der Waals surface area contributed by atoms with Gasteiger partial charge in [0.2, 0.25) is 0 Å². The molecule has 0 saturated heterocycles. The minimum atomic E-state index is -0.166. The van der Waals surface area contributed by atoms with Gasteiger partial charge in [0.1, 0.15) is 5.82 Å². The largest absolute Gasteiger partial charge is 0.319 e. The van der Waals surface area contributed by atoms with E-state index in [4.69, 9.17) is 11.6 Å². The Morgan fingerprint density at radius 3 is 2.65 bits per heavy atom. The zero-order valence-corrected chi connectivity index (χ0v) is 13.5. The predicted molar refractivity (Wildman–Crippen MR) is 85.9 cm³/mol. The summed E-state index contributed by atoms with van der Waals surface area (Å²) in [6, 6.07) is 12.7. The monoisotopic (exact) mass is 355 g/mol. The fraction of sp³-hybridized carbons (Fsp3) is 0.250. The van der Waals surface area contributed by atoms with Crippen LogP contribution in [0.15, 0.2) is 46.9 Å². The third kappa shape index (κ3) is 3.81. The Bertz CT molecular complexity index is 588. The average Bonchev–Trinajstić information content (AvgIpc) is 2.42. The maximum atomic E-state index is 14.0. The van der Waals surface area contributed by atoms with Crippen molar-refractivity contribution in [2.24, 2.45) is 0 Å². The topological polar surface area (TPSA) is 12.0 Å². The van der Waals surface area contributed by atoms with Gasteiger partial charge in [0.25, 0.3) is 0 Å². The van der Waals surface area contributed by atoms with Crippen LogP contribution in [0, 0.1) is 5.82 Å². The van der Waals surface area contributed by atoms with Gasteiger partial charge in [-0.3, -0.25) is 0 Å². The fourth-order valence-corrected chi connectivity index (χ4v) is 3.05. The molecule has 20 heavy (non-hydrogen) atoms. The van der Waals surface area contributed by atoms with Crippen LogP contribution in [0.3, 0.4) is 0 Å². The third-order valence-corrected chi connectivity index (χ3v) is 4.12. The van der Waals surface area contributed by atoms with Crippen LogP contribution in [-0.4, -0.2) is 13.6 Å². The molecule has 0 saturated carbocycles. The standard InChI is InChI=1S/C16H16BrClFN/c1-20-10-12(14-4-2-3-5-16(14)19)8-11-6-7-13(17)9-15(11)18/h2-7,9,12,20H,8,10H2,1H3. The van der Waals surface area contributed by atoms with Gasteiger partial charge in [-0.05, 0) is 42.8 Å². The molecule has 0 amide bonds. The normalized spacial score (nSPS) is 12.4. The highest BCUT2D eigenvalue weighted by molar-refractivity contribution is 9.10. The number of hydrogen-bond donors (Lipinski definition) is 1. The molecule has 0 aliphatic heterocycles. The average molecular weight is 357 g/mol. The Labute approximate surface area is 132 Å². The molecular weight excluding hydrogens is 341 g/mol. The summed E-state index contributed by atoms with van der Waals surface area (Å²) in [5.74, 6) is -0.110. The van der Waals surface area contributed by atoms with E-state index < -0.39 is 0 Å². The number of benzene rings is 2. The van der Waals surface area contributed by atoms with E-state index in [2.05, 4.69) is 21.2 Å². The molecule has 0 fully saturated rings. The summed E-state index contributed by atoms with van der Waals surface area (Å²) in [5, 5.41) is 3.83. The fourth-order valence-electron chi connectivity index (χ4n) is 2.30. The second-order valence-electron chi connectivity index (χ2n) is 4.72. The molecule has 1 atom stereocenters. The molecule has 0 bridgehead atoms. The van der Waals surface area contributed by atoms with Gasteiger partial charge in [-0.25, -0.2) is 4.39 Å². The second-order valence-corrected chi connectivity index (χ2v) is 6.04. The number of rotatable bonds is 5. The van der Waals surface area contributed by atoms with Crippen molar-refractivity contribution in [1.29, 1.82) is 0 Å². The van der Waals surface area contributed by atoms with Crippen LogP contribution in [-0.2, 0) is 6.42 Å². The van der Waals surface area contributed by atoms with Crippen molar-refractivity contribution in [2.75, 3.05) is 13.6 Å². The minimum absolute atomic E-state index is 0.0554. The molecule has 1 nitrogen and oxygen atoms in total. The maximum absolute atomic E-state index is 14.0. The summed E-state index contributed by atoms with van der Waals surface area (Å²) in [7, 11) is 1.87. The first-order valence-electron chi connectivity index (χ1n) is 6.44. The molecule has 4 heteroatoms. The Morgan fingerprint density at radius 1 is 1.25 bits per heavy atom. The van der Waals surface area contributed by atoms with Gasteiger partial charge in [-0.1, -0.05) is 51.8 Å². The molecule has 0 aliphatic carbocycles. The number of hydrogen-bond acceptors (Lipinski definition) is 1. The highest BCUT2D eigenvalue weighted by Crippen LogP contribution is 2.28. The van der Waals surface area contributed by atoms with Crippen molar-refractivity contribution >= 4 is 27.5 Å². The smallest absolute Gasteiger partial charge is 0.126 e. The number of nitrogens with one attached hydrogen (secondary N) is 1. The lowest BCUT2D eigenvalue weighted by Crippen LogP contribution is -2.20. The highest BCUT2D eigenvalue weighted by Gasteiger charge is 2.16. The van der Waals surface area contributed by atoms with Crippen molar-refractivity contribution in [3.8, 4) is 0 Å². The van der Waals surface area contributed by atoms with Crippen molar-refractivity contribution in [3.05, 3.63) is 68.9 Å². The quantitative estimate of drug-likeness (QED) is 0.812. The summed E-state index contributed by atoms with van der Waals surface area (Å²) in [6.07, 6.45) is 0.702. The lowest BCUT2D eigenvalue weighted by Gasteiger charge is -2.18. The maximum Gasteiger partial charge on any atom is 0.126 e. The Kier molecular flexibility index (Phi) is 5.58. The van der Waals surface area contributed by atoms with Crippen molar-refractivity contribution < 1.29 is 4.39 Å². The first-order chi connectivity index (χ1) is 9.61. The van der Waals surface area contributed by atoms with E-state index in [1.54, 1.807) is 6.07 Å². The molecule has 0 heterocycles. The minimum Gasteiger partial charge on any atom is -0.319 e. The molecule has 0 aliphatic rings. The predicted octanol–water partition coefficient (Wildman–Crippen LogP) is 4.79. The van der Waals surface area contributed by atoms with Gasteiger partial charge in [0.05, 0.1) is 0 Å². The molecule has 2 aromatic rings. The van der Waals surface area contributed by atoms with E-state index in [0.717, 1.165) is 15.6 Å². The van der Waals surface area contributed by atoms with E-state index in [0.29, 0.717) is 18.0 Å². The van der Waals surface area contributed by atoms with Gasteiger partial charge in [-0.15, -0.1) is 0 Å². The molecule has 2 rings (SSSR count). The van der Waals surface area contributed by atoms with E-state index in [1.165, 1.54) is 6.07 Å². The Morgan fingerprint density at radius 2 is 2.00 bits per heavy atom. The SMILES string of the molecule is CNCC(Cc1ccc(Br)cc1Cl)c1ccccc1F. The van der Waals surface area contributed by atoms with Gasteiger partial charge in [-0.2, -0.15) is 0 Å². The highest BCUT2D eigenvalue weighted by atomic mass is 79.9. The molecule has 1 N–H and O–H groups in total. The molecule has 0 aromatic heterocycles. The Balaban J connectivity index is 2.28. The Hall–Kier alpha value is -0.900. The summed E-state index contributed by atoms with van der Waals surface area (Å²) in [6.45, 7) is 0.702. The first kappa shape index (κ1) is 15.5. The lowest BCUT2D eigenvalue weighted by molar-refractivity contribution is 0.556. The summed E-state index contributed by atoms with van der Waals surface area (Å²) < 4.78 is 14.9. The van der Waals surface area contributed by atoms with Crippen molar-refractivity contribution in [2.45, 2.75) is 12.3 Å². The van der Waals surface area contributed by atoms with Gasteiger partial charge in [0, 0.05) is 22.0 Å². The third-order valence-electron chi connectivity index (χ3n) is 3.28. The van der Waals surface area contributed by atoms with E-state index in [-0.39, 0.29) is 11.7 Å². The second kappa shape index (κ2) is 7.21. The molecule has 0 spiro atoms. The van der Waals surface area contributed by atoms with Crippen LogP contribution < -0.4 is 5.32 Å². The van der Waals surface area contributed by atoms with Gasteiger partial charge < -0.3 is 5.32 Å². The summed E-state index contributed by atoms with van der Waals surface area (Å²) in [4.78, 5) is 0. The molecule has 2 aromatic carbocycles. The van der Waals surface area contributed by atoms with Crippen LogP contribution in [0.1, 0.15) is 17.0 Å².